The van der Waals surface area contributed by atoms with Crippen molar-refractivity contribution in [3.8, 4) is 0 Å². The molecule has 0 radical (unpaired) electrons. The highest BCUT2D eigenvalue weighted by atomic mass is 16.1. The number of ketones is 2. The zero-order chi connectivity index (χ0) is 13.2. The quantitative estimate of drug-likeness (QED) is 0.480. The average molecular weight is 246 g/mol. The highest BCUT2D eigenvalue weighted by Gasteiger charge is 2.09. The largest absolute Gasteiger partial charge is 0.290 e. The van der Waals surface area contributed by atoms with Crippen LogP contribution in [0.4, 0.5) is 0 Å². The molecule has 0 atom stereocenters. The lowest BCUT2D eigenvalue weighted by molar-refractivity contribution is -0.114. The van der Waals surface area contributed by atoms with Gasteiger partial charge in [-0.2, -0.15) is 0 Å². The van der Waals surface area contributed by atoms with Crippen LogP contribution < -0.4 is 0 Å². The molecule has 18 heavy (non-hydrogen) atoms. The number of carbonyl (C=O) groups excluding carboxylic acids is 2. The second kappa shape index (κ2) is 8.62. The second-order valence-electron chi connectivity index (χ2n) is 4.66. The van der Waals surface area contributed by atoms with Crippen LogP contribution in [0.1, 0.15) is 51.9 Å². The molecule has 0 aromatic heterocycles. The number of unbranched alkanes of at least 4 members (excludes halogenated alkanes) is 6. The third-order valence-electron chi connectivity index (χ3n) is 3.00. The molecule has 0 aromatic rings. The first kappa shape index (κ1) is 14.6. The van der Waals surface area contributed by atoms with E-state index in [-0.39, 0.29) is 11.6 Å². The van der Waals surface area contributed by atoms with Crippen LogP contribution in [-0.2, 0) is 9.59 Å². The maximum atomic E-state index is 11.4. The summed E-state index contributed by atoms with van der Waals surface area (Å²) in [5.41, 5.74) is 0.508. The molecule has 1 aliphatic rings. The summed E-state index contributed by atoms with van der Waals surface area (Å²) in [4.78, 5) is 22.5. The van der Waals surface area contributed by atoms with E-state index >= 15 is 0 Å². The molecular weight excluding hydrogens is 224 g/mol. The van der Waals surface area contributed by atoms with Gasteiger partial charge in [0.15, 0.2) is 11.6 Å². The molecule has 1 rings (SSSR count). The lowest BCUT2D eigenvalue weighted by Gasteiger charge is -2.01. The Kier molecular flexibility index (Phi) is 7.00. The van der Waals surface area contributed by atoms with Crippen LogP contribution in [0.5, 0.6) is 0 Å². The van der Waals surface area contributed by atoms with Gasteiger partial charge in [-0.05, 0) is 31.1 Å². The summed E-state index contributed by atoms with van der Waals surface area (Å²) in [6.07, 6.45) is 16.4. The molecule has 0 fully saturated rings. The van der Waals surface area contributed by atoms with Crippen molar-refractivity contribution in [2.75, 3.05) is 0 Å². The number of allylic oxidation sites excluding steroid dienone is 6. The summed E-state index contributed by atoms with van der Waals surface area (Å²) in [5, 5.41) is 0. The van der Waals surface area contributed by atoms with E-state index in [1.54, 1.807) is 6.08 Å². The molecule has 0 saturated carbocycles. The highest BCUT2D eigenvalue weighted by Crippen LogP contribution is 2.10. The summed E-state index contributed by atoms with van der Waals surface area (Å²) in [5.74, 6) is -0.178. The van der Waals surface area contributed by atoms with Gasteiger partial charge >= 0.3 is 0 Å². The van der Waals surface area contributed by atoms with Crippen LogP contribution in [0.3, 0.4) is 0 Å². The maximum absolute atomic E-state index is 11.4. The van der Waals surface area contributed by atoms with Crippen molar-refractivity contribution in [2.24, 2.45) is 0 Å². The number of hydrogen-bond acceptors (Lipinski definition) is 2. The Morgan fingerprint density at radius 2 is 1.72 bits per heavy atom. The fourth-order valence-corrected chi connectivity index (χ4v) is 1.91. The highest BCUT2D eigenvalue weighted by molar-refractivity contribution is 6.18. The molecule has 2 nitrogen and oxygen atoms in total. The maximum Gasteiger partial charge on any atom is 0.186 e. The van der Waals surface area contributed by atoms with Gasteiger partial charge in [-0.15, -0.1) is 0 Å². The molecule has 0 aromatic carbocycles. The van der Waals surface area contributed by atoms with Crippen LogP contribution in [0.25, 0.3) is 0 Å². The van der Waals surface area contributed by atoms with E-state index < -0.39 is 0 Å². The van der Waals surface area contributed by atoms with Gasteiger partial charge < -0.3 is 0 Å². The standard InChI is InChI=1S/C16H22O2/c1-2-3-4-5-6-7-8-9-10-14-13-15(17)11-12-16(14)18/h9-13H,2-8H2,1H3. The van der Waals surface area contributed by atoms with Crippen LogP contribution in [-0.4, -0.2) is 11.6 Å². The normalized spacial score (nSPS) is 15.5. The third-order valence-corrected chi connectivity index (χ3v) is 3.00. The van der Waals surface area contributed by atoms with E-state index in [0.717, 1.165) is 12.8 Å². The lowest BCUT2D eigenvalue weighted by Crippen LogP contribution is -2.05. The van der Waals surface area contributed by atoms with Crippen LogP contribution in [0, 0.1) is 0 Å². The molecular formula is C16H22O2. The molecule has 0 bridgehead atoms. The van der Waals surface area contributed by atoms with Gasteiger partial charge in [0.25, 0.3) is 0 Å². The predicted molar refractivity (Wildman–Crippen MR) is 74.4 cm³/mol. The molecule has 0 saturated heterocycles. The van der Waals surface area contributed by atoms with Crippen molar-refractivity contribution in [3.05, 3.63) is 36.0 Å². The molecule has 98 valence electrons. The molecule has 2 heteroatoms. The first-order valence-electron chi connectivity index (χ1n) is 6.88. The first-order valence-corrected chi connectivity index (χ1v) is 6.88. The fraction of sp³-hybridized carbons (Fsp3) is 0.500. The van der Waals surface area contributed by atoms with Gasteiger partial charge in [0.1, 0.15) is 0 Å². The number of carbonyl (C=O) groups is 2. The van der Waals surface area contributed by atoms with E-state index in [1.165, 1.54) is 50.3 Å². The average Bonchev–Trinajstić information content (AvgIpc) is 2.36. The molecule has 0 amide bonds. The SMILES string of the molecule is CCCCCCCCC=CC1=CC(=O)C=CC1=O. The summed E-state index contributed by atoms with van der Waals surface area (Å²) in [6.45, 7) is 2.22. The summed E-state index contributed by atoms with van der Waals surface area (Å²) >= 11 is 0. The Morgan fingerprint density at radius 3 is 2.50 bits per heavy atom. The monoisotopic (exact) mass is 246 g/mol. The minimum atomic E-state index is -0.103. The molecule has 0 unspecified atom stereocenters. The summed E-state index contributed by atoms with van der Waals surface area (Å²) < 4.78 is 0. The molecule has 0 aliphatic heterocycles. The summed E-state index contributed by atoms with van der Waals surface area (Å²) in [6, 6.07) is 0. The Morgan fingerprint density at radius 1 is 1.00 bits per heavy atom. The zero-order valence-corrected chi connectivity index (χ0v) is 11.2. The molecule has 0 N–H and O–H groups in total. The minimum absolute atomic E-state index is 0.0752. The van der Waals surface area contributed by atoms with Gasteiger partial charge in [0.05, 0.1) is 0 Å². The van der Waals surface area contributed by atoms with E-state index in [1.807, 2.05) is 6.08 Å². The van der Waals surface area contributed by atoms with Gasteiger partial charge in [-0.3, -0.25) is 9.59 Å². The van der Waals surface area contributed by atoms with Crippen molar-refractivity contribution in [2.45, 2.75) is 51.9 Å². The van der Waals surface area contributed by atoms with Crippen molar-refractivity contribution >= 4 is 11.6 Å². The Bertz CT molecular complexity index is 373. The first-order chi connectivity index (χ1) is 8.74. The fourth-order valence-electron chi connectivity index (χ4n) is 1.91. The number of hydrogen-bond donors (Lipinski definition) is 0. The van der Waals surface area contributed by atoms with Gasteiger partial charge in [-0.1, -0.05) is 51.2 Å². The van der Waals surface area contributed by atoms with E-state index in [0.29, 0.717) is 5.57 Å². The Balaban J connectivity index is 2.17. The minimum Gasteiger partial charge on any atom is -0.290 e. The van der Waals surface area contributed by atoms with Gasteiger partial charge in [-0.25, -0.2) is 0 Å². The van der Waals surface area contributed by atoms with E-state index in [2.05, 4.69) is 6.92 Å². The van der Waals surface area contributed by atoms with Crippen molar-refractivity contribution < 1.29 is 9.59 Å². The van der Waals surface area contributed by atoms with Crippen molar-refractivity contribution in [1.29, 1.82) is 0 Å². The van der Waals surface area contributed by atoms with Gasteiger partial charge in [0, 0.05) is 5.57 Å². The van der Waals surface area contributed by atoms with Crippen LogP contribution >= 0.6 is 0 Å². The smallest absolute Gasteiger partial charge is 0.186 e. The third kappa shape index (κ3) is 5.76. The molecule has 0 heterocycles. The molecule has 0 spiro atoms. The Labute approximate surface area is 109 Å². The predicted octanol–water partition coefficient (Wildman–Crippen LogP) is 3.93. The number of rotatable bonds is 8. The van der Waals surface area contributed by atoms with Crippen molar-refractivity contribution in [3.63, 3.8) is 0 Å². The van der Waals surface area contributed by atoms with Crippen molar-refractivity contribution in [1.82, 2.24) is 0 Å². The molecule has 1 aliphatic carbocycles. The topological polar surface area (TPSA) is 34.1 Å². The van der Waals surface area contributed by atoms with E-state index in [9.17, 15) is 9.59 Å². The van der Waals surface area contributed by atoms with Crippen LogP contribution in [0.15, 0.2) is 36.0 Å². The zero-order valence-electron chi connectivity index (χ0n) is 11.2. The van der Waals surface area contributed by atoms with Gasteiger partial charge in [0.2, 0.25) is 0 Å². The summed E-state index contributed by atoms with van der Waals surface area (Å²) in [7, 11) is 0. The second-order valence-corrected chi connectivity index (χ2v) is 4.66. The van der Waals surface area contributed by atoms with Crippen LogP contribution in [0.2, 0.25) is 0 Å². The lowest BCUT2D eigenvalue weighted by atomic mass is 10.0. The van der Waals surface area contributed by atoms with E-state index in [4.69, 9.17) is 0 Å². The Hall–Kier alpha value is -1.44.